The molecule has 20 heteroatoms. The number of halogens is 9. The lowest BCUT2D eigenvalue weighted by atomic mass is 9.79. The second kappa shape index (κ2) is 16.7. The van der Waals surface area contributed by atoms with Crippen molar-refractivity contribution >= 4 is 23.8 Å². The van der Waals surface area contributed by atoms with Crippen molar-refractivity contribution in [3.8, 4) is 0 Å². The molecule has 1 spiro atoms. The molecular weight excluding hydrogens is 651 g/mol. The van der Waals surface area contributed by atoms with Crippen molar-refractivity contribution in [2.24, 2.45) is 5.41 Å². The van der Waals surface area contributed by atoms with Crippen LogP contribution >= 0.6 is 0 Å². The van der Waals surface area contributed by atoms with Gasteiger partial charge < -0.3 is 20.2 Å². The molecule has 0 radical (unpaired) electrons. The molecule has 0 saturated carbocycles. The number of amides is 1. The summed E-state index contributed by atoms with van der Waals surface area (Å²) in [6.07, 6.45) is -6.51. The van der Waals surface area contributed by atoms with Crippen LogP contribution in [0.1, 0.15) is 35.3 Å². The van der Waals surface area contributed by atoms with Gasteiger partial charge in [0.1, 0.15) is 0 Å². The predicted molar refractivity (Wildman–Crippen MR) is 137 cm³/mol. The topological polar surface area (TPSA) is 161 Å². The minimum atomic E-state index is -5.08. The maximum atomic E-state index is 12.7. The summed E-state index contributed by atoms with van der Waals surface area (Å²) < 4.78 is 95.2. The van der Waals surface area contributed by atoms with E-state index in [4.69, 9.17) is 29.7 Å². The third kappa shape index (κ3) is 14.1. The third-order valence-corrected chi connectivity index (χ3v) is 6.21. The molecule has 1 atom stereocenters. The number of hydrogen-bond donors (Lipinski definition) is 3. The van der Waals surface area contributed by atoms with Crippen molar-refractivity contribution < 1.29 is 74.0 Å². The number of aliphatic carboxylic acids is 3. The highest BCUT2D eigenvalue weighted by Gasteiger charge is 2.43. The van der Waals surface area contributed by atoms with Gasteiger partial charge in [-0.15, -0.1) is 0 Å². The average molecular weight is 679 g/mol. The number of alkyl halides is 9. The van der Waals surface area contributed by atoms with Crippen molar-refractivity contribution in [1.82, 2.24) is 19.8 Å². The fourth-order valence-corrected chi connectivity index (χ4v) is 4.28. The molecule has 4 rings (SSSR count). The van der Waals surface area contributed by atoms with Crippen LogP contribution in [-0.2, 0) is 20.9 Å². The molecule has 0 aromatic carbocycles. The molecule has 2 fully saturated rings. The number of pyridine rings is 2. The lowest BCUT2D eigenvalue weighted by Gasteiger charge is -2.40. The lowest BCUT2D eigenvalue weighted by Crippen LogP contribution is -2.45. The van der Waals surface area contributed by atoms with Gasteiger partial charge in [0.05, 0.1) is 11.3 Å². The van der Waals surface area contributed by atoms with Gasteiger partial charge >= 0.3 is 36.4 Å². The number of piperidine rings is 1. The van der Waals surface area contributed by atoms with Gasteiger partial charge in [0.25, 0.3) is 5.91 Å². The van der Waals surface area contributed by atoms with Crippen molar-refractivity contribution in [1.29, 1.82) is 0 Å². The summed E-state index contributed by atoms with van der Waals surface area (Å²) in [7, 11) is 0. The number of likely N-dealkylation sites (tertiary alicyclic amines) is 2. The third-order valence-electron chi connectivity index (χ3n) is 6.21. The van der Waals surface area contributed by atoms with E-state index in [9.17, 15) is 44.3 Å². The summed E-state index contributed by atoms with van der Waals surface area (Å²) in [4.78, 5) is 52.4. The van der Waals surface area contributed by atoms with E-state index in [-0.39, 0.29) is 11.3 Å². The first-order chi connectivity index (χ1) is 21.1. The summed E-state index contributed by atoms with van der Waals surface area (Å²) in [6.45, 7) is 4.79. The molecular formula is C26H27F9N4O7. The standard InChI is InChI=1S/C20H24N4O.3C2HF3O2/c25-19(17-5-3-9-21-13-17)24-12-8-20(16-24)7-4-11-23(15-20)14-18-6-1-2-10-22-18;3*3-2(4,5)1(6)7/h1-3,5-6,9-10,13H,4,7-8,11-12,14-16H2;3*(H,6,7). The normalized spacial score (nSPS) is 18.2. The largest absolute Gasteiger partial charge is 0.490 e. The number of carboxylic acid groups (broad SMARTS) is 3. The van der Waals surface area contributed by atoms with Gasteiger partial charge in [0.15, 0.2) is 0 Å². The van der Waals surface area contributed by atoms with E-state index in [1.165, 1.54) is 12.8 Å². The molecule has 0 aliphatic carbocycles. The Balaban J connectivity index is 0.000000413. The van der Waals surface area contributed by atoms with E-state index >= 15 is 0 Å². The molecule has 0 bridgehead atoms. The van der Waals surface area contributed by atoms with Crippen LogP contribution in [0.4, 0.5) is 39.5 Å². The van der Waals surface area contributed by atoms with Gasteiger partial charge in [-0.1, -0.05) is 6.07 Å². The first kappa shape index (κ1) is 39.5. The van der Waals surface area contributed by atoms with Gasteiger partial charge in [-0.3, -0.25) is 19.7 Å². The Hall–Kier alpha value is -4.49. The van der Waals surface area contributed by atoms with E-state index < -0.39 is 36.4 Å². The Labute approximate surface area is 254 Å². The van der Waals surface area contributed by atoms with Crippen molar-refractivity contribution in [3.63, 3.8) is 0 Å². The molecule has 2 aliphatic rings. The van der Waals surface area contributed by atoms with E-state index in [2.05, 4.69) is 20.9 Å². The van der Waals surface area contributed by atoms with Gasteiger partial charge in [0.2, 0.25) is 0 Å². The Morgan fingerprint density at radius 1 is 0.739 bits per heavy atom. The van der Waals surface area contributed by atoms with Gasteiger partial charge in [-0.05, 0) is 50.1 Å². The quantitative estimate of drug-likeness (QED) is 0.394. The van der Waals surface area contributed by atoms with Crippen LogP contribution in [0.2, 0.25) is 0 Å². The summed E-state index contributed by atoms with van der Waals surface area (Å²) in [5.74, 6) is -8.15. The molecule has 1 amide bonds. The number of nitrogens with zero attached hydrogens (tertiary/aromatic N) is 4. The molecule has 1 unspecified atom stereocenters. The molecule has 2 aromatic heterocycles. The van der Waals surface area contributed by atoms with Gasteiger partial charge in [0, 0.05) is 50.2 Å². The summed E-state index contributed by atoms with van der Waals surface area (Å²) in [5, 5.41) is 21.4. The molecule has 4 heterocycles. The molecule has 46 heavy (non-hydrogen) atoms. The molecule has 3 N–H and O–H groups in total. The molecule has 11 nitrogen and oxygen atoms in total. The molecule has 2 aromatic rings. The zero-order valence-electron chi connectivity index (χ0n) is 23.4. The van der Waals surface area contributed by atoms with E-state index in [0.717, 1.165) is 44.8 Å². The van der Waals surface area contributed by atoms with Crippen LogP contribution in [0, 0.1) is 5.41 Å². The van der Waals surface area contributed by atoms with Gasteiger partial charge in [-0.25, -0.2) is 14.4 Å². The number of hydrogen-bond acceptors (Lipinski definition) is 7. The van der Waals surface area contributed by atoms with Crippen molar-refractivity contribution in [2.75, 3.05) is 26.2 Å². The van der Waals surface area contributed by atoms with Gasteiger partial charge in [-0.2, -0.15) is 39.5 Å². The summed E-state index contributed by atoms with van der Waals surface area (Å²) in [5.41, 5.74) is 2.06. The van der Waals surface area contributed by atoms with E-state index in [0.29, 0.717) is 5.56 Å². The SMILES string of the molecule is O=C(O)C(F)(F)F.O=C(O)C(F)(F)F.O=C(O)C(F)(F)F.O=C(c1cccnc1)N1CCC2(CCCN(Cc3ccccn3)C2)C1. The Bertz CT molecular complexity index is 1240. The highest BCUT2D eigenvalue weighted by Crippen LogP contribution is 2.39. The van der Waals surface area contributed by atoms with Crippen molar-refractivity contribution in [3.05, 3.63) is 60.2 Å². The second-order valence-corrected chi connectivity index (χ2v) is 9.76. The van der Waals surface area contributed by atoms with Crippen molar-refractivity contribution in [2.45, 2.75) is 44.3 Å². The predicted octanol–water partition coefficient (Wildman–Crippen LogP) is 4.50. The monoisotopic (exact) mass is 678 g/mol. The number of rotatable bonds is 3. The fourth-order valence-electron chi connectivity index (χ4n) is 4.28. The number of carboxylic acids is 3. The van der Waals surface area contributed by atoms with E-state index in [1.807, 2.05) is 35.4 Å². The Kier molecular flexibility index (Phi) is 14.4. The smallest absolute Gasteiger partial charge is 0.475 e. The van der Waals surface area contributed by atoms with Crippen LogP contribution in [0.3, 0.4) is 0 Å². The fraction of sp³-hybridized carbons (Fsp3) is 0.462. The molecule has 2 aliphatic heterocycles. The van der Waals surface area contributed by atoms with Crippen LogP contribution in [-0.4, -0.2) is 104 Å². The zero-order chi connectivity index (χ0) is 35.3. The minimum Gasteiger partial charge on any atom is -0.475 e. The number of carbonyl (C=O) groups excluding carboxylic acids is 1. The lowest BCUT2D eigenvalue weighted by molar-refractivity contribution is -0.193. The van der Waals surface area contributed by atoms with E-state index in [1.54, 1.807) is 12.4 Å². The van der Waals surface area contributed by atoms with Crippen LogP contribution < -0.4 is 0 Å². The number of aromatic nitrogens is 2. The first-order valence-corrected chi connectivity index (χ1v) is 12.8. The maximum absolute atomic E-state index is 12.7. The maximum Gasteiger partial charge on any atom is 0.490 e. The minimum absolute atomic E-state index is 0.117. The number of carbonyl (C=O) groups is 4. The summed E-state index contributed by atoms with van der Waals surface area (Å²) >= 11 is 0. The average Bonchev–Trinajstić information content (AvgIpc) is 3.36. The zero-order valence-corrected chi connectivity index (χ0v) is 23.4. The second-order valence-electron chi connectivity index (χ2n) is 9.76. The molecule has 256 valence electrons. The van der Waals surface area contributed by atoms with Crippen LogP contribution in [0.5, 0.6) is 0 Å². The highest BCUT2D eigenvalue weighted by atomic mass is 19.4. The van der Waals surface area contributed by atoms with Crippen LogP contribution in [0.15, 0.2) is 48.9 Å². The molecule has 2 saturated heterocycles. The van der Waals surface area contributed by atoms with Crippen LogP contribution in [0.25, 0.3) is 0 Å². The Morgan fingerprint density at radius 3 is 1.72 bits per heavy atom. The first-order valence-electron chi connectivity index (χ1n) is 12.8. The summed E-state index contributed by atoms with van der Waals surface area (Å²) in [6, 6.07) is 9.78. The highest BCUT2D eigenvalue weighted by molar-refractivity contribution is 5.94. The Morgan fingerprint density at radius 2 is 1.28 bits per heavy atom.